The van der Waals surface area contributed by atoms with Gasteiger partial charge in [-0.15, -0.1) is 0 Å². The molecule has 1 aromatic heterocycles. The Kier molecular flexibility index (Phi) is 5.83. The molecule has 1 amide bonds. The first-order valence-corrected chi connectivity index (χ1v) is 10.8. The number of benzene rings is 3. The number of carbonyl (C=O) groups excluding carboxylic acids is 1. The summed E-state index contributed by atoms with van der Waals surface area (Å²) in [7, 11) is 0. The average Bonchev–Trinajstić information content (AvgIpc) is 2.69. The van der Waals surface area contributed by atoms with Crippen LogP contribution in [0.1, 0.15) is 21.5 Å². The molecule has 4 aromatic rings. The lowest BCUT2D eigenvalue weighted by molar-refractivity contribution is 0.102. The van der Waals surface area contributed by atoms with Crippen molar-refractivity contribution in [1.29, 1.82) is 0 Å². The second kappa shape index (κ2) is 8.38. The smallest absolute Gasteiger partial charge is 0.256 e. The molecule has 0 saturated carbocycles. The van der Waals surface area contributed by atoms with Gasteiger partial charge in [0.25, 0.3) is 5.91 Å². The number of pyridine rings is 1. The van der Waals surface area contributed by atoms with Gasteiger partial charge in [-0.3, -0.25) is 4.79 Å². The summed E-state index contributed by atoms with van der Waals surface area (Å²) in [4.78, 5) is 18.1. The molecular formula is C24H17BrCl2N2O. The predicted molar refractivity (Wildman–Crippen MR) is 129 cm³/mol. The lowest BCUT2D eigenvalue weighted by Crippen LogP contribution is -2.13. The summed E-state index contributed by atoms with van der Waals surface area (Å²) in [6, 6.07) is 18.5. The van der Waals surface area contributed by atoms with Crippen molar-refractivity contribution in [1.82, 2.24) is 4.98 Å². The van der Waals surface area contributed by atoms with Gasteiger partial charge in [-0.1, -0.05) is 50.8 Å². The van der Waals surface area contributed by atoms with E-state index in [4.69, 9.17) is 28.2 Å². The third-order valence-electron chi connectivity index (χ3n) is 4.80. The second-order valence-corrected chi connectivity index (χ2v) is 8.88. The highest BCUT2D eigenvalue weighted by Gasteiger charge is 2.17. The highest BCUT2D eigenvalue weighted by molar-refractivity contribution is 9.10. The van der Waals surface area contributed by atoms with Crippen LogP contribution in [0.25, 0.3) is 22.2 Å². The van der Waals surface area contributed by atoms with Gasteiger partial charge in [0.1, 0.15) is 0 Å². The third-order valence-corrected chi connectivity index (χ3v) is 5.88. The first-order valence-electron chi connectivity index (χ1n) is 9.26. The summed E-state index contributed by atoms with van der Waals surface area (Å²) in [6.07, 6.45) is 0. The number of amides is 1. The first kappa shape index (κ1) is 20.9. The number of hydrogen-bond donors (Lipinski definition) is 1. The van der Waals surface area contributed by atoms with Gasteiger partial charge in [0.2, 0.25) is 0 Å². The Bertz CT molecular complexity index is 1290. The van der Waals surface area contributed by atoms with E-state index in [9.17, 15) is 4.79 Å². The Morgan fingerprint density at radius 3 is 2.40 bits per heavy atom. The molecule has 0 atom stereocenters. The number of nitrogens with one attached hydrogen (secondary N) is 1. The molecule has 0 spiro atoms. The Morgan fingerprint density at radius 1 is 0.967 bits per heavy atom. The molecule has 150 valence electrons. The standard InChI is InChI=1S/C24H17BrCl2N2O/c1-13-9-14(2)23-19(10-13)20(24(30)28-17-6-3-15(25)4-7-17)12-22(29-23)18-8-5-16(26)11-21(18)27/h3-12H,1-2H3,(H,28,30). The highest BCUT2D eigenvalue weighted by atomic mass is 79.9. The van der Waals surface area contributed by atoms with Gasteiger partial charge in [-0.05, 0) is 74.0 Å². The van der Waals surface area contributed by atoms with Crippen molar-refractivity contribution in [2.24, 2.45) is 0 Å². The van der Waals surface area contributed by atoms with Gasteiger partial charge in [-0.2, -0.15) is 0 Å². The topological polar surface area (TPSA) is 42.0 Å². The van der Waals surface area contributed by atoms with Crippen LogP contribution in [0.15, 0.2) is 65.1 Å². The zero-order valence-corrected chi connectivity index (χ0v) is 19.4. The normalized spacial score (nSPS) is 11.0. The van der Waals surface area contributed by atoms with Crippen molar-refractivity contribution < 1.29 is 4.79 Å². The molecular weight excluding hydrogens is 483 g/mol. The van der Waals surface area contributed by atoms with Crippen LogP contribution in [0.2, 0.25) is 10.0 Å². The van der Waals surface area contributed by atoms with Crippen molar-refractivity contribution in [3.8, 4) is 11.3 Å². The van der Waals surface area contributed by atoms with E-state index in [-0.39, 0.29) is 5.91 Å². The number of aromatic nitrogens is 1. The third kappa shape index (κ3) is 4.22. The molecule has 0 bridgehead atoms. The van der Waals surface area contributed by atoms with Crippen LogP contribution in [-0.4, -0.2) is 10.9 Å². The summed E-state index contributed by atoms with van der Waals surface area (Å²) in [6.45, 7) is 4.00. The number of fused-ring (bicyclic) bond motifs is 1. The van der Waals surface area contributed by atoms with Gasteiger partial charge in [-0.25, -0.2) is 4.98 Å². The van der Waals surface area contributed by atoms with Gasteiger partial charge >= 0.3 is 0 Å². The van der Waals surface area contributed by atoms with E-state index in [1.807, 2.05) is 50.2 Å². The Hall–Kier alpha value is -2.40. The van der Waals surface area contributed by atoms with Crippen molar-refractivity contribution in [2.45, 2.75) is 13.8 Å². The van der Waals surface area contributed by atoms with E-state index in [0.29, 0.717) is 27.0 Å². The van der Waals surface area contributed by atoms with E-state index in [0.717, 1.165) is 32.1 Å². The van der Waals surface area contributed by atoms with Gasteiger partial charge in [0.15, 0.2) is 0 Å². The number of aryl methyl sites for hydroxylation is 2. The molecule has 0 aliphatic heterocycles. The van der Waals surface area contributed by atoms with Crippen LogP contribution >= 0.6 is 39.1 Å². The van der Waals surface area contributed by atoms with Gasteiger partial charge in [0, 0.05) is 26.1 Å². The fourth-order valence-corrected chi connectivity index (χ4v) is 4.21. The maximum absolute atomic E-state index is 13.3. The minimum Gasteiger partial charge on any atom is -0.322 e. The molecule has 0 fully saturated rings. The van der Waals surface area contributed by atoms with Crippen molar-refractivity contribution in [3.63, 3.8) is 0 Å². The number of carbonyl (C=O) groups is 1. The summed E-state index contributed by atoms with van der Waals surface area (Å²) in [5.74, 6) is -0.207. The number of anilines is 1. The Labute approximate surface area is 193 Å². The average molecular weight is 500 g/mol. The van der Waals surface area contributed by atoms with Crippen molar-refractivity contribution in [2.75, 3.05) is 5.32 Å². The van der Waals surface area contributed by atoms with Crippen LogP contribution in [-0.2, 0) is 0 Å². The van der Waals surface area contributed by atoms with Crippen LogP contribution in [0.5, 0.6) is 0 Å². The molecule has 3 aromatic carbocycles. The molecule has 0 saturated heterocycles. The monoisotopic (exact) mass is 498 g/mol. The molecule has 6 heteroatoms. The van der Waals surface area contributed by atoms with Gasteiger partial charge in [0.05, 0.1) is 21.8 Å². The first-order chi connectivity index (χ1) is 14.3. The quantitative estimate of drug-likeness (QED) is 0.312. The number of halogens is 3. The lowest BCUT2D eigenvalue weighted by atomic mass is 9.99. The van der Waals surface area contributed by atoms with Crippen LogP contribution in [0.3, 0.4) is 0 Å². The van der Waals surface area contributed by atoms with Crippen LogP contribution < -0.4 is 5.32 Å². The predicted octanol–water partition coefficient (Wildman–Crippen LogP) is 7.84. The maximum atomic E-state index is 13.3. The van der Waals surface area contributed by atoms with Crippen molar-refractivity contribution in [3.05, 3.63) is 91.9 Å². The lowest BCUT2D eigenvalue weighted by Gasteiger charge is -2.14. The van der Waals surface area contributed by atoms with E-state index in [2.05, 4.69) is 27.3 Å². The fourth-order valence-electron chi connectivity index (χ4n) is 3.44. The minimum absolute atomic E-state index is 0.207. The molecule has 1 heterocycles. The zero-order valence-electron chi connectivity index (χ0n) is 16.3. The molecule has 0 aliphatic rings. The molecule has 3 nitrogen and oxygen atoms in total. The van der Waals surface area contributed by atoms with E-state index in [1.165, 1.54) is 0 Å². The number of rotatable bonds is 3. The summed E-state index contributed by atoms with van der Waals surface area (Å²) >= 11 is 15.9. The summed E-state index contributed by atoms with van der Waals surface area (Å²) in [5, 5.41) is 4.81. The molecule has 4 rings (SSSR count). The second-order valence-electron chi connectivity index (χ2n) is 7.12. The van der Waals surface area contributed by atoms with Crippen LogP contribution in [0, 0.1) is 13.8 Å². The molecule has 30 heavy (non-hydrogen) atoms. The maximum Gasteiger partial charge on any atom is 0.256 e. The van der Waals surface area contributed by atoms with E-state index in [1.54, 1.807) is 18.2 Å². The largest absolute Gasteiger partial charge is 0.322 e. The number of hydrogen-bond acceptors (Lipinski definition) is 2. The van der Waals surface area contributed by atoms with Crippen molar-refractivity contribution >= 4 is 61.6 Å². The Balaban J connectivity index is 1.89. The molecule has 0 aliphatic carbocycles. The van der Waals surface area contributed by atoms with E-state index >= 15 is 0 Å². The Morgan fingerprint density at radius 2 is 1.70 bits per heavy atom. The fraction of sp³-hybridized carbons (Fsp3) is 0.0833. The molecule has 0 unspecified atom stereocenters. The van der Waals surface area contributed by atoms with Gasteiger partial charge < -0.3 is 5.32 Å². The SMILES string of the molecule is Cc1cc(C)c2nc(-c3ccc(Cl)cc3Cl)cc(C(=O)Nc3ccc(Br)cc3)c2c1. The summed E-state index contributed by atoms with van der Waals surface area (Å²) in [5.41, 5.74) is 5.42. The highest BCUT2D eigenvalue weighted by Crippen LogP contribution is 2.33. The summed E-state index contributed by atoms with van der Waals surface area (Å²) < 4.78 is 0.945. The van der Waals surface area contributed by atoms with E-state index < -0.39 is 0 Å². The van der Waals surface area contributed by atoms with Crippen LogP contribution in [0.4, 0.5) is 5.69 Å². The molecule has 0 radical (unpaired) electrons. The molecule has 1 N–H and O–H groups in total. The zero-order chi connectivity index (χ0) is 21.4. The number of nitrogens with zero attached hydrogens (tertiary/aromatic N) is 1. The minimum atomic E-state index is -0.207.